The van der Waals surface area contributed by atoms with Crippen LogP contribution in [0.15, 0.2) is 6.20 Å². The van der Waals surface area contributed by atoms with Crippen molar-refractivity contribution in [1.29, 1.82) is 0 Å². The molecule has 1 heterocycles. The van der Waals surface area contributed by atoms with Gasteiger partial charge in [-0.2, -0.15) is 18.3 Å². The Balaban J connectivity index is 2.36. The van der Waals surface area contributed by atoms with Gasteiger partial charge < -0.3 is 5.73 Å². The van der Waals surface area contributed by atoms with Gasteiger partial charge in [-0.15, -0.1) is 0 Å². The van der Waals surface area contributed by atoms with E-state index in [1.54, 1.807) is 0 Å². The average molecular weight is 219 g/mol. The van der Waals surface area contributed by atoms with Crippen LogP contribution in [0.4, 0.5) is 13.2 Å². The number of nitrogens with one attached hydrogen (secondary N) is 1. The first-order chi connectivity index (χ1) is 6.76. The molecular formula is C9H12F3N3. The molecule has 3 nitrogen and oxygen atoms in total. The molecule has 1 fully saturated rings. The van der Waals surface area contributed by atoms with Crippen LogP contribution < -0.4 is 5.73 Å². The molecule has 0 saturated heterocycles. The first kappa shape index (κ1) is 10.5. The van der Waals surface area contributed by atoms with Crippen molar-refractivity contribution in [1.82, 2.24) is 10.2 Å². The Morgan fingerprint density at radius 1 is 1.47 bits per heavy atom. The number of nitrogens with zero attached hydrogens (tertiary/aromatic N) is 1. The predicted molar refractivity (Wildman–Crippen MR) is 48.1 cm³/mol. The van der Waals surface area contributed by atoms with Crippen LogP contribution in [0.3, 0.4) is 0 Å². The number of aromatic nitrogens is 2. The normalized spacial score (nSPS) is 29.2. The molecular weight excluding hydrogens is 207 g/mol. The summed E-state index contributed by atoms with van der Waals surface area (Å²) in [6.45, 7) is 3.71. The minimum Gasteiger partial charge on any atom is -0.327 e. The van der Waals surface area contributed by atoms with Gasteiger partial charge in [0.15, 0.2) is 0 Å². The van der Waals surface area contributed by atoms with Crippen molar-refractivity contribution in [2.75, 3.05) is 0 Å². The summed E-state index contributed by atoms with van der Waals surface area (Å²) in [4.78, 5) is 0. The van der Waals surface area contributed by atoms with Crippen LogP contribution in [-0.2, 0) is 6.18 Å². The van der Waals surface area contributed by atoms with Crippen LogP contribution in [0, 0.1) is 5.41 Å². The molecule has 1 aromatic heterocycles. The fourth-order valence-corrected chi connectivity index (χ4v) is 2.03. The second-order valence-electron chi connectivity index (χ2n) is 4.52. The molecule has 2 atom stereocenters. The van der Waals surface area contributed by atoms with Crippen LogP contribution in [0.5, 0.6) is 0 Å². The lowest BCUT2D eigenvalue weighted by Gasteiger charge is -2.07. The summed E-state index contributed by atoms with van der Waals surface area (Å²) >= 11 is 0. The number of aromatic amines is 1. The number of H-pyrrole nitrogens is 1. The molecule has 84 valence electrons. The van der Waals surface area contributed by atoms with Crippen molar-refractivity contribution in [3.05, 3.63) is 17.5 Å². The van der Waals surface area contributed by atoms with E-state index in [9.17, 15) is 13.2 Å². The molecule has 0 radical (unpaired) electrons. The lowest BCUT2D eigenvalue weighted by atomic mass is 10.0. The minimum atomic E-state index is -4.38. The zero-order valence-corrected chi connectivity index (χ0v) is 8.39. The molecule has 3 N–H and O–H groups in total. The maximum absolute atomic E-state index is 12.5. The first-order valence-electron chi connectivity index (χ1n) is 4.62. The molecule has 1 aromatic rings. The summed E-state index contributed by atoms with van der Waals surface area (Å²) in [5, 5.41) is 5.44. The van der Waals surface area contributed by atoms with Crippen LogP contribution in [0.25, 0.3) is 0 Å². The fourth-order valence-electron chi connectivity index (χ4n) is 2.03. The summed E-state index contributed by atoms with van der Waals surface area (Å²) in [6, 6.07) is -0.226. The number of alkyl halides is 3. The van der Waals surface area contributed by atoms with Crippen molar-refractivity contribution in [3.8, 4) is 0 Å². The van der Waals surface area contributed by atoms with Gasteiger partial charge in [-0.05, 0) is 5.41 Å². The van der Waals surface area contributed by atoms with E-state index in [1.807, 2.05) is 18.9 Å². The van der Waals surface area contributed by atoms with E-state index in [-0.39, 0.29) is 22.9 Å². The molecule has 1 aliphatic carbocycles. The van der Waals surface area contributed by atoms with Crippen molar-refractivity contribution in [2.45, 2.75) is 32.0 Å². The first-order valence-corrected chi connectivity index (χ1v) is 4.62. The van der Waals surface area contributed by atoms with Crippen LogP contribution in [0.2, 0.25) is 0 Å². The van der Waals surface area contributed by atoms with Crippen molar-refractivity contribution in [3.63, 3.8) is 0 Å². The highest BCUT2D eigenvalue weighted by Gasteiger charge is 2.58. The standard InChI is InChI=1S/C9H12F3N3/c1-8(2)5(6(8)13)4-3-14-15-7(4)9(10,11)12/h3,5-6H,13H2,1-2H3,(H,14,15)/t5-,6-/m1/s1. The molecule has 0 spiro atoms. The fraction of sp³-hybridized carbons (Fsp3) is 0.667. The van der Waals surface area contributed by atoms with Crippen LogP contribution in [0.1, 0.15) is 31.0 Å². The average Bonchev–Trinajstić information content (AvgIpc) is 2.53. The van der Waals surface area contributed by atoms with Crippen molar-refractivity contribution in [2.24, 2.45) is 11.1 Å². The van der Waals surface area contributed by atoms with Crippen LogP contribution >= 0.6 is 0 Å². The van der Waals surface area contributed by atoms with Gasteiger partial charge in [0.25, 0.3) is 0 Å². The summed E-state index contributed by atoms with van der Waals surface area (Å²) in [6.07, 6.45) is -3.16. The van der Waals surface area contributed by atoms with Gasteiger partial charge in [0.1, 0.15) is 5.69 Å². The smallest absolute Gasteiger partial charge is 0.327 e. The Hall–Kier alpha value is -1.04. The Labute approximate surface area is 84.8 Å². The van der Waals surface area contributed by atoms with Crippen LogP contribution in [-0.4, -0.2) is 16.2 Å². The van der Waals surface area contributed by atoms with E-state index in [4.69, 9.17) is 5.73 Å². The second kappa shape index (κ2) is 2.75. The van der Waals surface area contributed by atoms with Gasteiger partial charge >= 0.3 is 6.18 Å². The third-order valence-corrected chi connectivity index (χ3v) is 3.20. The minimum absolute atomic E-state index is 0.181. The largest absolute Gasteiger partial charge is 0.433 e. The highest BCUT2D eigenvalue weighted by atomic mass is 19.4. The van der Waals surface area contributed by atoms with E-state index in [0.29, 0.717) is 0 Å². The van der Waals surface area contributed by atoms with Gasteiger partial charge in [-0.3, -0.25) is 5.10 Å². The monoisotopic (exact) mass is 219 g/mol. The van der Waals surface area contributed by atoms with Gasteiger partial charge in [-0.1, -0.05) is 13.8 Å². The number of halogens is 3. The third kappa shape index (κ3) is 1.43. The summed E-state index contributed by atoms with van der Waals surface area (Å²) < 4.78 is 37.6. The Bertz CT molecular complexity index is 380. The zero-order valence-electron chi connectivity index (χ0n) is 8.39. The second-order valence-corrected chi connectivity index (χ2v) is 4.52. The summed E-state index contributed by atoms with van der Waals surface area (Å²) in [5.41, 5.74) is 4.88. The molecule has 1 aliphatic rings. The number of nitrogens with two attached hydrogens (primary N) is 1. The van der Waals surface area contributed by atoms with E-state index in [1.165, 1.54) is 6.20 Å². The lowest BCUT2D eigenvalue weighted by Crippen LogP contribution is -2.10. The Morgan fingerprint density at radius 3 is 2.40 bits per heavy atom. The molecule has 1 saturated carbocycles. The molecule has 0 amide bonds. The van der Waals surface area contributed by atoms with E-state index in [0.717, 1.165) is 0 Å². The third-order valence-electron chi connectivity index (χ3n) is 3.20. The van der Waals surface area contributed by atoms with Crippen molar-refractivity contribution < 1.29 is 13.2 Å². The molecule has 0 bridgehead atoms. The lowest BCUT2D eigenvalue weighted by molar-refractivity contribution is -0.141. The quantitative estimate of drug-likeness (QED) is 0.757. The van der Waals surface area contributed by atoms with Gasteiger partial charge in [0, 0.05) is 17.5 Å². The number of rotatable bonds is 1. The Morgan fingerprint density at radius 2 is 2.00 bits per heavy atom. The van der Waals surface area contributed by atoms with Gasteiger partial charge in [0.05, 0.1) is 6.20 Å². The highest BCUT2D eigenvalue weighted by molar-refractivity contribution is 5.36. The van der Waals surface area contributed by atoms with Crippen molar-refractivity contribution >= 4 is 0 Å². The number of hydrogen-bond acceptors (Lipinski definition) is 2. The van der Waals surface area contributed by atoms with E-state index >= 15 is 0 Å². The molecule has 0 unspecified atom stereocenters. The summed E-state index contributed by atoms with van der Waals surface area (Å²) in [5.74, 6) is -0.257. The van der Waals surface area contributed by atoms with E-state index < -0.39 is 11.9 Å². The molecule has 0 aromatic carbocycles. The molecule has 6 heteroatoms. The highest BCUT2D eigenvalue weighted by Crippen LogP contribution is 2.58. The Kier molecular flexibility index (Phi) is 1.92. The van der Waals surface area contributed by atoms with E-state index in [2.05, 4.69) is 5.10 Å². The summed E-state index contributed by atoms with van der Waals surface area (Å²) in [7, 11) is 0. The zero-order chi connectivity index (χ0) is 11.4. The topological polar surface area (TPSA) is 54.7 Å². The molecule has 0 aliphatic heterocycles. The van der Waals surface area contributed by atoms with Gasteiger partial charge in [-0.25, -0.2) is 0 Å². The number of hydrogen-bond donors (Lipinski definition) is 2. The predicted octanol–water partition coefficient (Wildman–Crippen LogP) is 1.88. The molecule has 15 heavy (non-hydrogen) atoms. The maximum Gasteiger partial charge on any atom is 0.433 e. The molecule has 2 rings (SSSR count). The van der Waals surface area contributed by atoms with Gasteiger partial charge in [0.2, 0.25) is 0 Å². The SMILES string of the molecule is CC1(C)[C@H](N)[C@H]1c1cn[nH]c1C(F)(F)F. The maximum atomic E-state index is 12.5.